The van der Waals surface area contributed by atoms with Crippen molar-refractivity contribution < 1.29 is 9.18 Å². The molecule has 1 fully saturated rings. The molecule has 3 rings (SSSR count). The number of fused-ring (bicyclic) bond motifs is 2. The fraction of sp³-hybridized carbons (Fsp3) is 0.417. The van der Waals surface area contributed by atoms with E-state index in [1.165, 1.54) is 12.1 Å². The van der Waals surface area contributed by atoms with Gasteiger partial charge in [0, 0.05) is 5.69 Å². The number of hydrogen-bond acceptors (Lipinski definition) is 1. The molecule has 78 valence electrons. The lowest BCUT2D eigenvalue weighted by molar-refractivity contribution is -0.120. The maximum atomic E-state index is 13.2. The molecule has 0 saturated heterocycles. The topological polar surface area (TPSA) is 29.1 Å². The van der Waals surface area contributed by atoms with Gasteiger partial charge in [-0.15, -0.1) is 0 Å². The van der Waals surface area contributed by atoms with Crippen molar-refractivity contribution in [1.29, 1.82) is 0 Å². The minimum atomic E-state index is -0.419. The molecule has 2 aliphatic rings. The Bertz CT molecular complexity index is 435. The molecule has 0 unspecified atom stereocenters. The van der Waals surface area contributed by atoms with E-state index in [1.807, 2.05) is 0 Å². The predicted octanol–water partition coefficient (Wildman–Crippen LogP) is 2.59. The van der Waals surface area contributed by atoms with Gasteiger partial charge in [0.2, 0.25) is 5.91 Å². The van der Waals surface area contributed by atoms with E-state index >= 15 is 0 Å². The summed E-state index contributed by atoms with van der Waals surface area (Å²) in [6.45, 7) is 0. The molecule has 1 aliphatic heterocycles. The Hall–Kier alpha value is -1.38. The number of halogens is 1. The molecule has 1 aromatic rings. The molecule has 1 N–H and O–H groups in total. The number of benzene rings is 1. The van der Waals surface area contributed by atoms with Crippen LogP contribution in [0.3, 0.4) is 0 Å². The average Bonchev–Trinajstić information content (AvgIpc) is 2.78. The summed E-state index contributed by atoms with van der Waals surface area (Å²) in [5.74, 6) is -0.197. The largest absolute Gasteiger partial charge is 0.325 e. The molecule has 0 aromatic heterocycles. The fourth-order valence-electron chi connectivity index (χ4n) is 2.86. The van der Waals surface area contributed by atoms with Crippen molar-refractivity contribution in [3.8, 4) is 0 Å². The van der Waals surface area contributed by atoms with Crippen molar-refractivity contribution in [2.75, 3.05) is 5.32 Å². The number of hydrogen-bond donors (Lipinski definition) is 1. The van der Waals surface area contributed by atoms with Crippen molar-refractivity contribution >= 4 is 11.6 Å². The average molecular weight is 205 g/mol. The second kappa shape index (κ2) is 2.81. The van der Waals surface area contributed by atoms with Gasteiger partial charge in [0.1, 0.15) is 5.82 Å². The lowest BCUT2D eigenvalue weighted by Crippen LogP contribution is -2.30. The van der Waals surface area contributed by atoms with Crippen LogP contribution in [0.1, 0.15) is 31.2 Å². The van der Waals surface area contributed by atoms with E-state index in [1.54, 1.807) is 6.07 Å². The standard InChI is InChI=1S/C12H12FNO/c13-8-3-4-10-9(7-8)12(11(15)14-10)5-1-2-6-12/h3-4,7H,1-2,5-6H2,(H,14,15). The first kappa shape index (κ1) is 8.89. The summed E-state index contributed by atoms with van der Waals surface area (Å²) in [5.41, 5.74) is 1.24. The molecule has 3 heteroatoms. The number of amides is 1. The highest BCUT2D eigenvalue weighted by Gasteiger charge is 2.48. The van der Waals surface area contributed by atoms with Crippen LogP contribution in [0.25, 0.3) is 0 Å². The van der Waals surface area contributed by atoms with Gasteiger partial charge in [-0.2, -0.15) is 0 Å². The summed E-state index contributed by atoms with van der Waals surface area (Å²) in [5, 5.41) is 2.85. The molecule has 1 saturated carbocycles. The van der Waals surface area contributed by atoms with Crippen LogP contribution in [0.5, 0.6) is 0 Å². The van der Waals surface area contributed by atoms with E-state index in [-0.39, 0.29) is 11.7 Å². The third-order valence-corrected chi connectivity index (χ3v) is 3.64. The quantitative estimate of drug-likeness (QED) is 0.693. The Morgan fingerprint density at radius 1 is 1.27 bits per heavy atom. The van der Waals surface area contributed by atoms with E-state index in [9.17, 15) is 9.18 Å². The summed E-state index contributed by atoms with van der Waals surface area (Å²) < 4.78 is 13.2. The molecule has 0 atom stereocenters. The lowest BCUT2D eigenvalue weighted by atomic mass is 9.80. The summed E-state index contributed by atoms with van der Waals surface area (Å²) in [6, 6.07) is 4.57. The van der Waals surface area contributed by atoms with Gasteiger partial charge in [-0.1, -0.05) is 12.8 Å². The molecule has 1 aromatic carbocycles. The fourth-order valence-corrected chi connectivity index (χ4v) is 2.86. The Morgan fingerprint density at radius 3 is 2.73 bits per heavy atom. The Balaban J connectivity index is 2.19. The van der Waals surface area contributed by atoms with E-state index in [2.05, 4.69) is 5.32 Å². The molecule has 1 heterocycles. The molecule has 1 aliphatic carbocycles. The zero-order valence-corrected chi connectivity index (χ0v) is 8.35. The maximum absolute atomic E-state index is 13.2. The van der Waals surface area contributed by atoms with Crippen LogP contribution >= 0.6 is 0 Å². The van der Waals surface area contributed by atoms with Crippen LogP contribution in [0.4, 0.5) is 10.1 Å². The van der Waals surface area contributed by atoms with Crippen LogP contribution in [0, 0.1) is 5.82 Å². The van der Waals surface area contributed by atoms with Gasteiger partial charge in [-0.3, -0.25) is 4.79 Å². The van der Waals surface area contributed by atoms with Crippen LogP contribution in [-0.2, 0) is 10.2 Å². The second-order valence-corrected chi connectivity index (χ2v) is 4.43. The highest BCUT2D eigenvalue weighted by molar-refractivity contribution is 6.06. The molecule has 2 nitrogen and oxygen atoms in total. The van der Waals surface area contributed by atoms with Gasteiger partial charge in [-0.25, -0.2) is 4.39 Å². The van der Waals surface area contributed by atoms with Crippen molar-refractivity contribution in [3.63, 3.8) is 0 Å². The Labute approximate surface area is 87.5 Å². The van der Waals surface area contributed by atoms with E-state index in [4.69, 9.17) is 0 Å². The molecule has 0 bridgehead atoms. The highest BCUT2D eigenvalue weighted by atomic mass is 19.1. The van der Waals surface area contributed by atoms with Crippen LogP contribution in [-0.4, -0.2) is 5.91 Å². The minimum absolute atomic E-state index is 0.0561. The van der Waals surface area contributed by atoms with Crippen molar-refractivity contribution in [3.05, 3.63) is 29.6 Å². The molecule has 0 radical (unpaired) electrons. The summed E-state index contributed by atoms with van der Waals surface area (Å²) in [7, 11) is 0. The van der Waals surface area contributed by atoms with Gasteiger partial charge in [-0.05, 0) is 36.6 Å². The number of rotatable bonds is 0. The normalized spacial score (nSPS) is 21.8. The molecule has 15 heavy (non-hydrogen) atoms. The van der Waals surface area contributed by atoms with Gasteiger partial charge in [0.15, 0.2) is 0 Å². The Kier molecular flexibility index (Phi) is 1.67. The third-order valence-electron chi connectivity index (χ3n) is 3.64. The highest BCUT2D eigenvalue weighted by Crippen LogP contribution is 2.48. The predicted molar refractivity (Wildman–Crippen MR) is 55.2 cm³/mol. The van der Waals surface area contributed by atoms with Crippen molar-refractivity contribution in [2.24, 2.45) is 0 Å². The molecular formula is C12H12FNO. The maximum Gasteiger partial charge on any atom is 0.235 e. The first-order chi connectivity index (χ1) is 7.22. The monoisotopic (exact) mass is 205 g/mol. The zero-order chi connectivity index (χ0) is 10.5. The number of anilines is 1. The summed E-state index contributed by atoms with van der Waals surface area (Å²) in [4.78, 5) is 11.9. The van der Waals surface area contributed by atoms with Gasteiger partial charge >= 0.3 is 0 Å². The smallest absolute Gasteiger partial charge is 0.235 e. The van der Waals surface area contributed by atoms with Crippen LogP contribution < -0.4 is 5.32 Å². The van der Waals surface area contributed by atoms with Gasteiger partial charge in [0.05, 0.1) is 5.41 Å². The second-order valence-electron chi connectivity index (χ2n) is 4.43. The zero-order valence-electron chi connectivity index (χ0n) is 8.35. The van der Waals surface area contributed by atoms with Crippen LogP contribution in [0.15, 0.2) is 18.2 Å². The van der Waals surface area contributed by atoms with Gasteiger partial charge < -0.3 is 5.32 Å². The van der Waals surface area contributed by atoms with E-state index in [0.29, 0.717) is 0 Å². The number of nitrogens with one attached hydrogen (secondary N) is 1. The van der Waals surface area contributed by atoms with E-state index in [0.717, 1.165) is 36.9 Å². The lowest BCUT2D eigenvalue weighted by Gasteiger charge is -2.20. The van der Waals surface area contributed by atoms with E-state index < -0.39 is 5.41 Å². The molecular weight excluding hydrogens is 193 g/mol. The molecule has 1 amide bonds. The summed E-state index contributed by atoms with van der Waals surface area (Å²) in [6.07, 6.45) is 3.83. The number of carbonyl (C=O) groups excluding carboxylic acids is 1. The molecule has 1 spiro atoms. The Morgan fingerprint density at radius 2 is 2.00 bits per heavy atom. The number of carbonyl (C=O) groups is 1. The van der Waals surface area contributed by atoms with Crippen molar-refractivity contribution in [1.82, 2.24) is 0 Å². The minimum Gasteiger partial charge on any atom is -0.325 e. The first-order valence-electron chi connectivity index (χ1n) is 5.34. The van der Waals surface area contributed by atoms with Crippen molar-refractivity contribution in [2.45, 2.75) is 31.1 Å². The van der Waals surface area contributed by atoms with Crippen LogP contribution in [0.2, 0.25) is 0 Å². The summed E-state index contributed by atoms with van der Waals surface area (Å²) >= 11 is 0. The van der Waals surface area contributed by atoms with Gasteiger partial charge in [0.25, 0.3) is 0 Å². The first-order valence-corrected chi connectivity index (χ1v) is 5.34. The SMILES string of the molecule is O=C1Nc2ccc(F)cc2C12CCCC2. The third kappa shape index (κ3) is 1.06.